The zero-order valence-corrected chi connectivity index (χ0v) is 27.4. The molecule has 1 aromatic heterocycles. The summed E-state index contributed by atoms with van der Waals surface area (Å²) in [6.45, 7) is 9.95. The molecule has 1 saturated heterocycles. The van der Waals surface area contributed by atoms with Crippen molar-refractivity contribution in [1.82, 2.24) is 20.2 Å². The molecule has 2 aliphatic heterocycles. The number of fused-ring (bicyclic) bond motifs is 3. The van der Waals surface area contributed by atoms with Crippen molar-refractivity contribution in [2.45, 2.75) is 45.2 Å². The summed E-state index contributed by atoms with van der Waals surface area (Å²) >= 11 is 13.1. The average Bonchev–Trinajstić information content (AvgIpc) is 3.11. The Kier molecular flexibility index (Phi) is 8.14. The van der Waals surface area contributed by atoms with Crippen molar-refractivity contribution in [3.8, 4) is 17.0 Å². The summed E-state index contributed by atoms with van der Waals surface area (Å²) in [7, 11) is 1.52. The van der Waals surface area contributed by atoms with E-state index in [0.29, 0.717) is 76.1 Å². The zero-order chi connectivity index (χ0) is 32.1. The van der Waals surface area contributed by atoms with Crippen LogP contribution >= 0.6 is 23.2 Å². The van der Waals surface area contributed by atoms with Gasteiger partial charge >= 0.3 is 0 Å². The highest BCUT2D eigenvalue weighted by atomic mass is 35.5. The molecule has 2 N–H and O–H groups in total. The van der Waals surface area contributed by atoms with Gasteiger partial charge in [-0.25, -0.2) is 14.4 Å². The Bertz CT molecular complexity index is 1780. The van der Waals surface area contributed by atoms with Crippen LogP contribution in [0, 0.1) is 5.82 Å². The predicted molar refractivity (Wildman–Crippen MR) is 178 cm³/mol. The lowest BCUT2D eigenvalue weighted by Crippen LogP contribution is -2.67. The summed E-state index contributed by atoms with van der Waals surface area (Å²) in [5, 5.41) is 7.68. The molecule has 8 nitrogen and oxygen atoms in total. The Morgan fingerprint density at radius 1 is 1.04 bits per heavy atom. The third-order valence-electron chi connectivity index (χ3n) is 8.01. The highest BCUT2D eigenvalue weighted by Gasteiger charge is 2.39. The standard InChI is InChI=1S/C34H35Cl2FN6O2/c1-33(2)18-42(19-34(3,4)41-33)31(44)23-12-10-22(16-25(23)36)39-32-38-17-20-13-14-43(30-26(37)7-6-8-28(30)45-5)27-15-21(35)9-11-24(27)29(20)40-32/h6-12,15-17,41H,13-14,18-19H2,1-5H3,(H,38,39,40). The van der Waals surface area contributed by atoms with Gasteiger partial charge in [-0.3, -0.25) is 4.79 Å². The van der Waals surface area contributed by atoms with Crippen LogP contribution in [0.25, 0.3) is 11.3 Å². The number of nitrogens with zero attached hydrogens (tertiary/aromatic N) is 4. The highest BCUT2D eigenvalue weighted by molar-refractivity contribution is 6.34. The molecule has 0 spiro atoms. The van der Waals surface area contributed by atoms with Gasteiger partial charge in [0.05, 0.1) is 29.1 Å². The Morgan fingerprint density at radius 3 is 2.51 bits per heavy atom. The van der Waals surface area contributed by atoms with Gasteiger partial charge in [0.25, 0.3) is 5.91 Å². The van der Waals surface area contributed by atoms with E-state index in [-0.39, 0.29) is 17.0 Å². The van der Waals surface area contributed by atoms with E-state index in [4.69, 9.17) is 32.9 Å². The van der Waals surface area contributed by atoms with Gasteiger partial charge in [0.15, 0.2) is 5.82 Å². The minimum Gasteiger partial charge on any atom is -0.494 e. The van der Waals surface area contributed by atoms with Gasteiger partial charge in [0, 0.05) is 53.2 Å². The lowest BCUT2D eigenvalue weighted by molar-refractivity contribution is 0.0472. The summed E-state index contributed by atoms with van der Waals surface area (Å²) in [6, 6.07) is 15.5. The summed E-state index contributed by atoms with van der Waals surface area (Å²) in [5.41, 5.74) is 4.06. The SMILES string of the molecule is COc1cccc(F)c1N1CCc2cnc(Nc3ccc(C(=O)N4CC(C)(C)NC(C)(C)C4)c(Cl)c3)nc2-c2ccc(Cl)cc21. The zero-order valence-electron chi connectivity index (χ0n) is 25.8. The van der Waals surface area contributed by atoms with Crippen LogP contribution < -0.4 is 20.3 Å². The molecule has 1 amide bonds. The molecule has 0 saturated carbocycles. The van der Waals surface area contributed by atoms with Crippen LogP contribution in [0.5, 0.6) is 5.75 Å². The monoisotopic (exact) mass is 648 g/mol. The molecule has 2 aliphatic rings. The number of methoxy groups -OCH3 is 1. The van der Waals surface area contributed by atoms with E-state index in [0.717, 1.165) is 11.1 Å². The Morgan fingerprint density at radius 2 is 1.80 bits per heavy atom. The van der Waals surface area contributed by atoms with E-state index in [1.54, 1.807) is 42.6 Å². The quantitative estimate of drug-likeness (QED) is 0.230. The molecule has 11 heteroatoms. The van der Waals surface area contributed by atoms with E-state index in [9.17, 15) is 4.79 Å². The van der Waals surface area contributed by atoms with Crippen molar-refractivity contribution >= 4 is 52.1 Å². The molecular formula is C34H35Cl2FN6O2. The summed E-state index contributed by atoms with van der Waals surface area (Å²) in [5.74, 6) is 0.264. The first kappa shape index (κ1) is 31.1. The molecular weight excluding hydrogens is 614 g/mol. The van der Waals surface area contributed by atoms with Gasteiger partial charge < -0.3 is 25.2 Å². The van der Waals surface area contributed by atoms with Crippen molar-refractivity contribution < 1.29 is 13.9 Å². The molecule has 3 heterocycles. The molecule has 1 fully saturated rings. The van der Waals surface area contributed by atoms with Crippen LogP contribution in [0.3, 0.4) is 0 Å². The second kappa shape index (κ2) is 11.8. The second-order valence-corrected chi connectivity index (χ2v) is 13.6. The largest absolute Gasteiger partial charge is 0.494 e. The van der Waals surface area contributed by atoms with Crippen molar-refractivity contribution in [1.29, 1.82) is 0 Å². The number of piperazine rings is 1. The number of benzene rings is 3. The maximum absolute atomic E-state index is 15.2. The van der Waals surface area contributed by atoms with Crippen molar-refractivity contribution in [2.75, 3.05) is 37.0 Å². The van der Waals surface area contributed by atoms with Crippen molar-refractivity contribution in [2.24, 2.45) is 0 Å². The third-order valence-corrected chi connectivity index (χ3v) is 8.55. The van der Waals surface area contributed by atoms with E-state index >= 15 is 4.39 Å². The van der Waals surface area contributed by atoms with Crippen LogP contribution in [0.4, 0.5) is 27.4 Å². The maximum atomic E-state index is 15.2. The first-order chi connectivity index (χ1) is 21.3. The van der Waals surface area contributed by atoms with E-state index in [2.05, 4.69) is 43.3 Å². The number of anilines is 4. The number of amides is 1. The van der Waals surface area contributed by atoms with E-state index in [1.807, 2.05) is 21.9 Å². The Hall–Kier alpha value is -3.92. The Balaban J connectivity index is 1.30. The number of carbonyl (C=O) groups excluding carboxylic acids is 1. The number of ether oxygens (including phenoxy) is 1. The lowest BCUT2D eigenvalue weighted by atomic mass is 9.91. The smallest absolute Gasteiger partial charge is 0.255 e. The molecule has 0 unspecified atom stereocenters. The normalized spacial score (nSPS) is 16.8. The third kappa shape index (κ3) is 6.30. The molecule has 234 valence electrons. The van der Waals surface area contributed by atoms with Crippen LogP contribution in [0.1, 0.15) is 43.6 Å². The summed E-state index contributed by atoms with van der Waals surface area (Å²) in [6.07, 6.45) is 2.33. The van der Waals surface area contributed by atoms with Gasteiger partial charge in [-0.1, -0.05) is 29.3 Å². The summed E-state index contributed by atoms with van der Waals surface area (Å²) < 4.78 is 20.8. The molecule has 45 heavy (non-hydrogen) atoms. The first-order valence-corrected chi connectivity index (χ1v) is 15.5. The van der Waals surface area contributed by atoms with Crippen molar-refractivity contribution in [3.05, 3.63) is 87.8 Å². The van der Waals surface area contributed by atoms with Gasteiger partial charge in [-0.15, -0.1) is 0 Å². The van der Waals surface area contributed by atoms with Crippen LogP contribution in [-0.4, -0.2) is 58.6 Å². The van der Waals surface area contributed by atoms with E-state index < -0.39 is 5.82 Å². The van der Waals surface area contributed by atoms with Crippen molar-refractivity contribution in [3.63, 3.8) is 0 Å². The predicted octanol–water partition coefficient (Wildman–Crippen LogP) is 7.64. The first-order valence-electron chi connectivity index (χ1n) is 14.8. The fraction of sp³-hybridized carbons (Fsp3) is 0.324. The number of hydrogen-bond acceptors (Lipinski definition) is 7. The molecule has 0 atom stereocenters. The minimum atomic E-state index is -0.400. The molecule has 3 aromatic carbocycles. The van der Waals surface area contributed by atoms with Gasteiger partial charge in [0.2, 0.25) is 5.95 Å². The lowest BCUT2D eigenvalue weighted by Gasteiger charge is -2.48. The second-order valence-electron chi connectivity index (χ2n) is 12.8. The number of hydrogen-bond donors (Lipinski definition) is 2. The molecule has 6 rings (SSSR count). The van der Waals surface area contributed by atoms with Gasteiger partial charge in [-0.2, -0.15) is 0 Å². The number of carbonyl (C=O) groups is 1. The Labute approximate surface area is 272 Å². The van der Waals surface area contributed by atoms with Crippen LogP contribution in [-0.2, 0) is 6.42 Å². The van der Waals surface area contributed by atoms with Crippen LogP contribution in [0.2, 0.25) is 10.0 Å². The van der Waals surface area contributed by atoms with Gasteiger partial charge in [0.1, 0.15) is 11.4 Å². The molecule has 4 aromatic rings. The topological polar surface area (TPSA) is 82.6 Å². The fourth-order valence-corrected chi connectivity index (χ4v) is 6.96. The number of rotatable bonds is 5. The molecule has 0 radical (unpaired) electrons. The molecule has 0 aliphatic carbocycles. The fourth-order valence-electron chi connectivity index (χ4n) is 6.53. The maximum Gasteiger partial charge on any atom is 0.255 e. The minimum absolute atomic E-state index is 0.109. The number of nitrogens with one attached hydrogen (secondary N) is 2. The molecule has 0 bridgehead atoms. The number of para-hydroxylation sites is 1. The van der Waals surface area contributed by atoms with E-state index in [1.165, 1.54) is 13.2 Å². The van der Waals surface area contributed by atoms with Gasteiger partial charge in [-0.05, 0) is 88.2 Å². The number of halogens is 3. The average molecular weight is 650 g/mol. The number of aromatic nitrogens is 2. The summed E-state index contributed by atoms with van der Waals surface area (Å²) in [4.78, 5) is 26.7. The highest BCUT2D eigenvalue weighted by Crippen LogP contribution is 2.44. The van der Waals surface area contributed by atoms with Crippen LogP contribution in [0.15, 0.2) is 60.8 Å².